The van der Waals surface area contributed by atoms with E-state index in [-0.39, 0.29) is 17.1 Å². The standard InChI is InChI=1S/C31H38O7/c1-5-6-7-8-9-10-11-12-13-27(21-14-15-23-24(18-21)26(33)17-16-25(23)32)38-31(34)22-19-28(35-2)30(37-4)29(20-22)36-3/h14-20,27H,5-13H2,1-4H3. The number of unbranched alkanes of at least 4 members (excludes halogenated alkanes) is 7. The van der Waals surface area contributed by atoms with Gasteiger partial charge in [-0.1, -0.05) is 57.9 Å². The summed E-state index contributed by atoms with van der Waals surface area (Å²) in [5, 5.41) is 0. The molecule has 0 heterocycles. The summed E-state index contributed by atoms with van der Waals surface area (Å²) in [6.07, 6.45) is 11.8. The maximum Gasteiger partial charge on any atom is 0.339 e. The number of hydrogen-bond donors (Lipinski definition) is 0. The zero-order chi connectivity index (χ0) is 27.5. The Balaban J connectivity index is 1.80. The van der Waals surface area contributed by atoms with Gasteiger partial charge in [0.2, 0.25) is 5.75 Å². The number of ketones is 2. The largest absolute Gasteiger partial charge is 0.493 e. The van der Waals surface area contributed by atoms with E-state index in [1.165, 1.54) is 65.6 Å². The van der Waals surface area contributed by atoms with Crippen LogP contribution in [0.5, 0.6) is 17.2 Å². The number of ether oxygens (including phenoxy) is 4. The second-order valence-electron chi connectivity index (χ2n) is 9.44. The summed E-state index contributed by atoms with van der Waals surface area (Å²) >= 11 is 0. The van der Waals surface area contributed by atoms with Gasteiger partial charge in [0.1, 0.15) is 6.10 Å². The number of rotatable bonds is 15. The van der Waals surface area contributed by atoms with Gasteiger partial charge in [-0.3, -0.25) is 9.59 Å². The molecule has 38 heavy (non-hydrogen) atoms. The van der Waals surface area contributed by atoms with Crippen LogP contribution < -0.4 is 14.2 Å². The predicted molar refractivity (Wildman–Crippen MR) is 146 cm³/mol. The number of methoxy groups -OCH3 is 3. The summed E-state index contributed by atoms with van der Waals surface area (Å²) in [5.74, 6) is 0.0939. The van der Waals surface area contributed by atoms with Crippen LogP contribution in [0.15, 0.2) is 42.5 Å². The minimum Gasteiger partial charge on any atom is -0.493 e. The van der Waals surface area contributed by atoms with E-state index in [4.69, 9.17) is 18.9 Å². The summed E-state index contributed by atoms with van der Waals surface area (Å²) in [6.45, 7) is 2.21. The quantitative estimate of drug-likeness (QED) is 0.182. The van der Waals surface area contributed by atoms with Crippen molar-refractivity contribution < 1.29 is 33.3 Å². The van der Waals surface area contributed by atoms with Gasteiger partial charge in [-0.25, -0.2) is 4.79 Å². The van der Waals surface area contributed by atoms with Crippen LogP contribution in [-0.4, -0.2) is 38.9 Å². The fraction of sp³-hybridized carbons (Fsp3) is 0.452. The van der Waals surface area contributed by atoms with E-state index < -0.39 is 12.1 Å². The van der Waals surface area contributed by atoms with Crippen molar-refractivity contribution in [2.75, 3.05) is 21.3 Å². The van der Waals surface area contributed by atoms with Crippen molar-refractivity contribution in [1.82, 2.24) is 0 Å². The Morgan fingerprint density at radius 2 is 1.32 bits per heavy atom. The highest BCUT2D eigenvalue weighted by Crippen LogP contribution is 2.39. The lowest BCUT2D eigenvalue weighted by atomic mass is 9.91. The second-order valence-corrected chi connectivity index (χ2v) is 9.44. The summed E-state index contributed by atoms with van der Waals surface area (Å²) in [4.78, 5) is 38.0. The molecule has 3 rings (SSSR count). The minimum atomic E-state index is -0.583. The third-order valence-electron chi connectivity index (χ3n) is 6.80. The van der Waals surface area contributed by atoms with Crippen molar-refractivity contribution in [3.8, 4) is 17.2 Å². The molecule has 0 amide bonds. The Morgan fingerprint density at radius 3 is 1.89 bits per heavy atom. The van der Waals surface area contributed by atoms with Gasteiger partial charge >= 0.3 is 5.97 Å². The highest BCUT2D eigenvalue weighted by atomic mass is 16.5. The van der Waals surface area contributed by atoms with E-state index in [2.05, 4.69) is 6.92 Å². The first-order valence-electron chi connectivity index (χ1n) is 13.3. The highest BCUT2D eigenvalue weighted by molar-refractivity contribution is 6.22. The predicted octanol–water partition coefficient (Wildman–Crippen LogP) is 7.08. The van der Waals surface area contributed by atoms with Crippen molar-refractivity contribution in [3.63, 3.8) is 0 Å². The molecule has 1 unspecified atom stereocenters. The average Bonchev–Trinajstić information content (AvgIpc) is 2.94. The molecule has 0 N–H and O–H groups in total. The first-order valence-corrected chi connectivity index (χ1v) is 13.3. The fourth-order valence-electron chi connectivity index (χ4n) is 4.67. The van der Waals surface area contributed by atoms with Gasteiger partial charge in [0.25, 0.3) is 0 Å². The Labute approximate surface area is 225 Å². The molecule has 0 aromatic heterocycles. The molecule has 7 heteroatoms. The topological polar surface area (TPSA) is 88.1 Å². The molecule has 1 atom stereocenters. The number of hydrogen-bond acceptors (Lipinski definition) is 7. The van der Waals surface area contributed by atoms with Crippen molar-refractivity contribution in [2.45, 2.75) is 70.8 Å². The summed E-state index contributed by atoms with van der Waals surface area (Å²) in [6, 6.07) is 8.19. The number of carbonyl (C=O) groups is 3. The minimum absolute atomic E-state index is 0.208. The third-order valence-corrected chi connectivity index (χ3v) is 6.80. The lowest BCUT2D eigenvalue weighted by Gasteiger charge is -2.21. The van der Waals surface area contributed by atoms with E-state index in [1.807, 2.05) is 0 Å². The molecule has 0 radical (unpaired) electrons. The van der Waals surface area contributed by atoms with Crippen molar-refractivity contribution in [1.29, 1.82) is 0 Å². The van der Waals surface area contributed by atoms with Gasteiger partial charge in [-0.15, -0.1) is 0 Å². The molecule has 0 saturated carbocycles. The zero-order valence-corrected chi connectivity index (χ0v) is 22.8. The van der Waals surface area contributed by atoms with Gasteiger partial charge in [-0.2, -0.15) is 0 Å². The molecule has 0 fully saturated rings. The highest BCUT2D eigenvalue weighted by Gasteiger charge is 2.25. The molecule has 0 bridgehead atoms. The van der Waals surface area contributed by atoms with Gasteiger partial charge in [0.15, 0.2) is 23.1 Å². The van der Waals surface area contributed by atoms with Crippen LogP contribution in [0.4, 0.5) is 0 Å². The monoisotopic (exact) mass is 522 g/mol. The van der Waals surface area contributed by atoms with Crippen LogP contribution in [0, 0.1) is 0 Å². The van der Waals surface area contributed by atoms with Crippen LogP contribution in [0.2, 0.25) is 0 Å². The number of fused-ring (bicyclic) bond motifs is 1. The van der Waals surface area contributed by atoms with Gasteiger partial charge < -0.3 is 18.9 Å². The molecule has 7 nitrogen and oxygen atoms in total. The average molecular weight is 523 g/mol. The lowest BCUT2D eigenvalue weighted by Crippen LogP contribution is -2.16. The van der Waals surface area contributed by atoms with Gasteiger partial charge in [0.05, 0.1) is 26.9 Å². The number of allylic oxidation sites excluding steroid dienone is 2. The molecule has 2 aromatic rings. The molecule has 204 valence electrons. The van der Waals surface area contributed by atoms with Crippen LogP contribution in [0.25, 0.3) is 0 Å². The van der Waals surface area contributed by atoms with E-state index in [1.54, 1.807) is 30.3 Å². The summed E-state index contributed by atoms with van der Waals surface area (Å²) in [5.41, 5.74) is 1.64. The normalized spacial score (nSPS) is 13.2. The fourth-order valence-corrected chi connectivity index (χ4v) is 4.67. The Hall–Kier alpha value is -3.61. The van der Waals surface area contributed by atoms with E-state index in [9.17, 15) is 14.4 Å². The number of carbonyl (C=O) groups excluding carboxylic acids is 3. The summed E-state index contributed by atoms with van der Waals surface area (Å²) in [7, 11) is 4.46. The summed E-state index contributed by atoms with van der Waals surface area (Å²) < 4.78 is 22.1. The molecule has 1 aliphatic carbocycles. The van der Waals surface area contributed by atoms with Crippen LogP contribution in [-0.2, 0) is 4.74 Å². The second kappa shape index (κ2) is 14.4. The molecule has 0 spiro atoms. The first-order chi connectivity index (χ1) is 18.4. The molecule has 0 aliphatic heterocycles. The van der Waals surface area contributed by atoms with E-state index in [0.717, 1.165) is 19.3 Å². The zero-order valence-electron chi connectivity index (χ0n) is 22.8. The maximum atomic E-state index is 13.3. The Morgan fingerprint density at radius 1 is 0.737 bits per heavy atom. The van der Waals surface area contributed by atoms with Crippen molar-refractivity contribution in [2.24, 2.45) is 0 Å². The maximum absolute atomic E-state index is 13.3. The van der Waals surface area contributed by atoms with Crippen molar-refractivity contribution >= 4 is 17.5 Å². The van der Waals surface area contributed by atoms with Crippen molar-refractivity contribution in [3.05, 3.63) is 64.7 Å². The lowest BCUT2D eigenvalue weighted by molar-refractivity contribution is 0.0269. The molecule has 2 aromatic carbocycles. The Bertz CT molecular complexity index is 1140. The molecular weight excluding hydrogens is 484 g/mol. The van der Waals surface area contributed by atoms with Crippen LogP contribution >= 0.6 is 0 Å². The van der Waals surface area contributed by atoms with Crippen LogP contribution in [0.1, 0.15) is 107 Å². The molecule has 0 saturated heterocycles. The van der Waals surface area contributed by atoms with E-state index >= 15 is 0 Å². The van der Waals surface area contributed by atoms with Crippen LogP contribution in [0.3, 0.4) is 0 Å². The molecular formula is C31H38O7. The van der Waals surface area contributed by atoms with E-state index in [0.29, 0.717) is 40.4 Å². The number of benzene rings is 2. The molecule has 1 aliphatic rings. The third kappa shape index (κ3) is 7.24. The SMILES string of the molecule is CCCCCCCCCCC(OC(=O)c1cc(OC)c(OC)c(OC)c1)c1ccc2c(c1)C(=O)C=CC2=O. The van der Waals surface area contributed by atoms with Gasteiger partial charge in [0, 0.05) is 11.1 Å². The smallest absolute Gasteiger partial charge is 0.339 e. The number of esters is 1. The first kappa shape index (κ1) is 29.0. The van der Waals surface area contributed by atoms with Gasteiger partial charge in [-0.05, 0) is 54.8 Å². The Kier molecular flexibility index (Phi) is 10.9.